The predicted octanol–water partition coefficient (Wildman–Crippen LogP) is 1.61. The van der Waals surface area contributed by atoms with Crippen LogP contribution in [-0.2, 0) is 16.6 Å². The number of halogens is 1. The number of hydrogen-bond donors (Lipinski definition) is 2. The van der Waals surface area contributed by atoms with E-state index in [2.05, 4.69) is 0 Å². The Balaban J connectivity index is 1.79. The van der Waals surface area contributed by atoms with Crippen LogP contribution in [0.2, 0.25) is 5.02 Å². The number of carbonyl (C=O) groups excluding carboxylic acids is 2. The van der Waals surface area contributed by atoms with E-state index >= 15 is 0 Å². The minimum Gasteiger partial charge on any atom is -0.457 e. The van der Waals surface area contributed by atoms with Crippen molar-refractivity contribution in [2.45, 2.75) is 17.7 Å². The summed E-state index contributed by atoms with van der Waals surface area (Å²) in [6.45, 7) is -0.616. The van der Waals surface area contributed by atoms with Crippen LogP contribution in [0.5, 0.6) is 0 Å². The molecule has 0 fully saturated rings. The molecule has 0 spiro atoms. The number of anilines is 1. The molecular formula is C17H18ClN3O5S. The third-order valence-electron chi connectivity index (χ3n) is 3.62. The Bertz CT molecular complexity index is 953. The first-order valence-corrected chi connectivity index (χ1v) is 9.32. The van der Waals surface area contributed by atoms with Crippen molar-refractivity contribution in [1.82, 2.24) is 9.55 Å². The van der Waals surface area contributed by atoms with Crippen LogP contribution in [0, 0.1) is 0 Å². The molecule has 1 heterocycles. The number of thioether (sulfide) groups is 1. The average molecular weight is 412 g/mol. The highest BCUT2D eigenvalue weighted by Crippen LogP contribution is 2.21. The van der Waals surface area contributed by atoms with E-state index in [1.165, 1.54) is 7.05 Å². The number of aromatic amines is 1. The maximum Gasteiger partial charge on any atom is 0.329 e. The topological polar surface area (TPSA) is 124 Å². The first kappa shape index (κ1) is 20.8. The molecule has 144 valence electrons. The molecule has 10 heteroatoms. The van der Waals surface area contributed by atoms with Gasteiger partial charge in [0.25, 0.3) is 5.56 Å². The molecule has 8 nitrogen and oxygen atoms in total. The van der Waals surface area contributed by atoms with Gasteiger partial charge in [-0.2, -0.15) is 0 Å². The Kier molecular flexibility index (Phi) is 7.26. The number of Topliss-reactive ketones (excluding diaryl/α,β-unsaturated/α-hetero) is 1. The molecule has 0 aliphatic rings. The molecule has 0 unspecified atom stereocenters. The van der Waals surface area contributed by atoms with E-state index in [1.807, 2.05) is 17.1 Å². The molecular weight excluding hydrogens is 394 g/mol. The van der Waals surface area contributed by atoms with Gasteiger partial charge in [-0.05, 0) is 36.4 Å². The van der Waals surface area contributed by atoms with Crippen LogP contribution in [0.25, 0.3) is 0 Å². The normalized spacial score (nSPS) is 10.6. The van der Waals surface area contributed by atoms with Crippen LogP contribution in [0.15, 0.2) is 38.8 Å². The molecule has 0 amide bonds. The summed E-state index contributed by atoms with van der Waals surface area (Å²) in [7, 11) is 1.31. The molecule has 2 rings (SSSR count). The molecule has 0 aliphatic heterocycles. The van der Waals surface area contributed by atoms with Gasteiger partial charge in [0.1, 0.15) is 11.4 Å². The number of ketones is 1. The van der Waals surface area contributed by atoms with Crippen molar-refractivity contribution < 1.29 is 14.3 Å². The first-order valence-electron chi connectivity index (χ1n) is 7.95. The number of H-pyrrole nitrogens is 1. The molecule has 27 heavy (non-hydrogen) atoms. The van der Waals surface area contributed by atoms with Gasteiger partial charge in [0.2, 0.25) is 5.78 Å². The highest BCUT2D eigenvalue weighted by molar-refractivity contribution is 7.99. The lowest BCUT2D eigenvalue weighted by molar-refractivity contribution is -0.142. The Morgan fingerprint density at radius 1 is 1.26 bits per heavy atom. The molecule has 1 aromatic carbocycles. The largest absolute Gasteiger partial charge is 0.457 e. The minimum atomic E-state index is -0.906. The van der Waals surface area contributed by atoms with Gasteiger partial charge in [0, 0.05) is 23.4 Å². The maximum atomic E-state index is 12.1. The summed E-state index contributed by atoms with van der Waals surface area (Å²) < 4.78 is 5.83. The van der Waals surface area contributed by atoms with Gasteiger partial charge in [-0.25, -0.2) is 4.79 Å². The molecule has 3 N–H and O–H groups in total. The zero-order valence-corrected chi connectivity index (χ0v) is 16.1. The lowest BCUT2D eigenvalue weighted by atomic mass is 10.2. The van der Waals surface area contributed by atoms with E-state index in [0.717, 1.165) is 9.46 Å². The average Bonchev–Trinajstić information content (AvgIpc) is 2.63. The fourth-order valence-corrected chi connectivity index (χ4v) is 3.11. The number of nitrogens with zero attached hydrogens (tertiary/aromatic N) is 1. The number of ether oxygens (including phenoxy) is 1. The number of aromatic nitrogens is 2. The van der Waals surface area contributed by atoms with Gasteiger partial charge in [-0.15, -0.1) is 11.8 Å². The van der Waals surface area contributed by atoms with E-state index in [9.17, 15) is 19.2 Å². The van der Waals surface area contributed by atoms with E-state index < -0.39 is 35.2 Å². The van der Waals surface area contributed by atoms with Crippen molar-refractivity contribution in [1.29, 1.82) is 0 Å². The quantitative estimate of drug-likeness (QED) is 0.292. The number of nitrogens with one attached hydrogen (secondary N) is 1. The summed E-state index contributed by atoms with van der Waals surface area (Å²) in [4.78, 5) is 50.0. The number of benzene rings is 1. The number of esters is 1. The van der Waals surface area contributed by atoms with Gasteiger partial charge < -0.3 is 10.5 Å². The summed E-state index contributed by atoms with van der Waals surface area (Å²) in [5, 5.41) is 0.658. The fourth-order valence-electron chi connectivity index (χ4n) is 2.13. The smallest absolute Gasteiger partial charge is 0.329 e. The van der Waals surface area contributed by atoms with Crippen molar-refractivity contribution in [3.63, 3.8) is 0 Å². The van der Waals surface area contributed by atoms with Crippen LogP contribution in [-0.4, -0.2) is 33.7 Å². The van der Waals surface area contributed by atoms with Crippen LogP contribution in [0.1, 0.15) is 23.2 Å². The Morgan fingerprint density at radius 2 is 1.93 bits per heavy atom. The summed E-state index contributed by atoms with van der Waals surface area (Å²) in [6.07, 6.45) is 0.690. The summed E-state index contributed by atoms with van der Waals surface area (Å²) in [5.74, 6) is -0.907. The highest BCUT2D eigenvalue weighted by atomic mass is 35.5. The van der Waals surface area contributed by atoms with E-state index in [-0.39, 0.29) is 12.2 Å². The predicted molar refractivity (Wildman–Crippen MR) is 103 cm³/mol. The van der Waals surface area contributed by atoms with Crippen LogP contribution < -0.4 is 17.0 Å². The molecule has 0 aliphatic carbocycles. The molecule has 0 radical (unpaired) electrons. The van der Waals surface area contributed by atoms with E-state index in [4.69, 9.17) is 22.1 Å². The van der Waals surface area contributed by atoms with Gasteiger partial charge in [-0.3, -0.25) is 23.9 Å². The van der Waals surface area contributed by atoms with Crippen molar-refractivity contribution in [3.05, 3.63) is 55.7 Å². The zero-order chi connectivity index (χ0) is 20.0. The second kappa shape index (κ2) is 9.43. The number of hydrogen-bond acceptors (Lipinski definition) is 7. The second-order valence-corrected chi connectivity index (χ2v) is 7.17. The summed E-state index contributed by atoms with van der Waals surface area (Å²) >= 11 is 7.38. The van der Waals surface area contributed by atoms with E-state index in [1.54, 1.807) is 23.9 Å². The minimum absolute atomic E-state index is 0.132. The lowest BCUT2D eigenvalue weighted by Gasteiger charge is -2.08. The van der Waals surface area contributed by atoms with Gasteiger partial charge >= 0.3 is 11.7 Å². The monoisotopic (exact) mass is 411 g/mol. The fraction of sp³-hybridized carbons (Fsp3) is 0.294. The molecule has 0 saturated carbocycles. The molecule has 0 saturated heterocycles. The summed E-state index contributed by atoms with van der Waals surface area (Å²) in [6, 6.07) is 7.35. The highest BCUT2D eigenvalue weighted by Gasteiger charge is 2.19. The standard InChI is InChI=1S/C17H18ClN3O5S/c1-21-15(19)14(16(24)20-17(21)25)12(22)9-26-13(23)3-2-8-27-11-6-4-10(18)5-7-11/h4-7H,2-3,8-9,19H2,1H3,(H,20,24,25). The SMILES string of the molecule is Cn1c(N)c(C(=O)COC(=O)CCCSc2ccc(Cl)cc2)c(=O)[nH]c1=O. The van der Waals surface area contributed by atoms with Crippen LogP contribution in [0.3, 0.4) is 0 Å². The number of nitrogen functional groups attached to an aromatic ring is 1. The molecule has 2 aromatic rings. The Morgan fingerprint density at radius 3 is 2.59 bits per heavy atom. The van der Waals surface area contributed by atoms with Crippen LogP contribution >= 0.6 is 23.4 Å². The van der Waals surface area contributed by atoms with Crippen molar-refractivity contribution in [3.8, 4) is 0 Å². The molecule has 1 aromatic heterocycles. The van der Waals surface area contributed by atoms with Gasteiger partial charge in [0.05, 0.1) is 0 Å². The van der Waals surface area contributed by atoms with Crippen molar-refractivity contribution >= 4 is 40.9 Å². The van der Waals surface area contributed by atoms with Crippen molar-refractivity contribution in [2.24, 2.45) is 7.05 Å². The Hall–Kier alpha value is -2.52. The third-order valence-corrected chi connectivity index (χ3v) is 4.97. The zero-order valence-electron chi connectivity index (χ0n) is 14.5. The van der Waals surface area contributed by atoms with E-state index in [0.29, 0.717) is 17.2 Å². The second-order valence-electron chi connectivity index (χ2n) is 5.57. The van der Waals surface area contributed by atoms with Crippen LogP contribution in [0.4, 0.5) is 5.82 Å². The van der Waals surface area contributed by atoms with Crippen molar-refractivity contribution in [2.75, 3.05) is 18.1 Å². The Labute approximate surface area is 163 Å². The number of rotatable bonds is 8. The maximum absolute atomic E-state index is 12.1. The van der Waals surface area contributed by atoms with Gasteiger partial charge in [0.15, 0.2) is 6.61 Å². The number of carbonyl (C=O) groups is 2. The molecule has 0 bridgehead atoms. The lowest BCUT2D eigenvalue weighted by Crippen LogP contribution is -2.35. The third kappa shape index (κ3) is 5.73. The number of nitrogens with two attached hydrogens (primary N) is 1. The first-order chi connectivity index (χ1) is 12.8. The van der Waals surface area contributed by atoms with Gasteiger partial charge in [-0.1, -0.05) is 11.6 Å². The summed E-state index contributed by atoms with van der Waals surface area (Å²) in [5.41, 5.74) is 3.59. The molecule has 0 atom stereocenters.